The number of nitrogens with one attached hydrogen (secondary N) is 2. The third kappa shape index (κ3) is 6.27. The first-order valence-corrected chi connectivity index (χ1v) is 7.01. The van der Waals surface area contributed by atoms with Crippen molar-refractivity contribution in [1.82, 2.24) is 5.32 Å². The zero-order chi connectivity index (χ0) is 15.7. The lowest BCUT2D eigenvalue weighted by Gasteiger charge is -2.09. The Kier molecular flexibility index (Phi) is 7.25. The number of carbonyl (C=O) groups is 2. The van der Waals surface area contributed by atoms with Crippen LogP contribution in [0.15, 0.2) is 18.2 Å². The molecular formula is C15H22N2O4. The molecule has 0 saturated carbocycles. The topological polar surface area (TPSA) is 87.7 Å². The molecule has 0 heterocycles. The first-order chi connectivity index (χ1) is 10.0. The maximum Gasteiger partial charge on any atom is 0.336 e. The van der Waals surface area contributed by atoms with Crippen LogP contribution in [0.4, 0.5) is 10.5 Å². The number of aromatic carboxylic acids is 1. The predicted molar refractivity (Wildman–Crippen MR) is 80.9 cm³/mol. The molecule has 3 N–H and O–H groups in total. The van der Waals surface area contributed by atoms with Gasteiger partial charge in [0.25, 0.3) is 0 Å². The minimum atomic E-state index is -1.01. The molecule has 0 aromatic heterocycles. The molecule has 21 heavy (non-hydrogen) atoms. The van der Waals surface area contributed by atoms with Gasteiger partial charge in [0, 0.05) is 25.4 Å². The number of ether oxygens (including phenoxy) is 1. The number of urea groups is 1. The predicted octanol–water partition coefficient (Wildman–Crippen LogP) is 2.63. The Morgan fingerprint density at radius 3 is 2.71 bits per heavy atom. The second kappa shape index (κ2) is 8.97. The number of anilines is 1. The van der Waals surface area contributed by atoms with Crippen molar-refractivity contribution in [3.05, 3.63) is 29.3 Å². The zero-order valence-electron chi connectivity index (χ0n) is 12.4. The molecule has 0 radical (unpaired) electrons. The highest BCUT2D eigenvalue weighted by atomic mass is 16.5. The van der Waals surface area contributed by atoms with E-state index in [1.165, 1.54) is 6.07 Å². The van der Waals surface area contributed by atoms with Gasteiger partial charge < -0.3 is 20.5 Å². The molecule has 0 saturated heterocycles. The molecule has 0 spiro atoms. The third-order valence-corrected chi connectivity index (χ3v) is 2.83. The Hall–Kier alpha value is -2.08. The minimum absolute atomic E-state index is 0.181. The van der Waals surface area contributed by atoms with Gasteiger partial charge in [-0.2, -0.15) is 0 Å². The second-order valence-corrected chi connectivity index (χ2v) is 4.68. The molecule has 0 aliphatic carbocycles. The van der Waals surface area contributed by atoms with Crippen molar-refractivity contribution in [3.63, 3.8) is 0 Å². The summed E-state index contributed by atoms with van der Waals surface area (Å²) < 4.78 is 5.30. The van der Waals surface area contributed by atoms with E-state index >= 15 is 0 Å². The van der Waals surface area contributed by atoms with Crippen LogP contribution in [0.2, 0.25) is 0 Å². The maximum atomic E-state index is 11.7. The summed E-state index contributed by atoms with van der Waals surface area (Å²) in [6.07, 6.45) is 1.72. The maximum absolute atomic E-state index is 11.7. The van der Waals surface area contributed by atoms with Crippen LogP contribution in [-0.2, 0) is 4.74 Å². The van der Waals surface area contributed by atoms with Crippen molar-refractivity contribution in [2.75, 3.05) is 25.1 Å². The van der Waals surface area contributed by atoms with Crippen molar-refractivity contribution in [2.45, 2.75) is 26.7 Å². The number of hydrogen-bond donors (Lipinski definition) is 3. The molecule has 0 fully saturated rings. The molecule has 0 aliphatic heterocycles. The number of aryl methyl sites for hydroxylation is 1. The fourth-order valence-corrected chi connectivity index (χ4v) is 1.73. The smallest absolute Gasteiger partial charge is 0.336 e. The van der Waals surface area contributed by atoms with Gasteiger partial charge in [-0.05, 0) is 37.5 Å². The average Bonchev–Trinajstić information content (AvgIpc) is 2.44. The van der Waals surface area contributed by atoms with Crippen molar-refractivity contribution in [3.8, 4) is 0 Å². The van der Waals surface area contributed by atoms with Crippen molar-refractivity contribution in [1.29, 1.82) is 0 Å². The van der Waals surface area contributed by atoms with E-state index in [-0.39, 0.29) is 11.6 Å². The molecule has 116 valence electrons. The summed E-state index contributed by atoms with van der Waals surface area (Å²) in [5, 5.41) is 14.3. The largest absolute Gasteiger partial charge is 0.478 e. The second-order valence-electron chi connectivity index (χ2n) is 4.68. The molecule has 1 rings (SSSR count). The van der Waals surface area contributed by atoms with Crippen LogP contribution < -0.4 is 10.6 Å². The standard InChI is InChI=1S/C15H22N2O4/c1-3-8-21-9-4-7-16-15(20)17-12-6-5-11(2)13(10-12)14(18)19/h5-6,10H,3-4,7-9H2,1-2H3,(H,18,19)(H2,16,17,20). The number of benzene rings is 1. The van der Waals surface area contributed by atoms with E-state index in [4.69, 9.17) is 9.84 Å². The molecule has 0 bridgehead atoms. The number of rotatable bonds is 8. The summed E-state index contributed by atoms with van der Waals surface area (Å²) in [4.78, 5) is 22.7. The van der Waals surface area contributed by atoms with E-state index in [9.17, 15) is 9.59 Å². The van der Waals surface area contributed by atoms with Gasteiger partial charge in [0.05, 0.1) is 5.56 Å². The van der Waals surface area contributed by atoms with Crippen LogP contribution in [0, 0.1) is 6.92 Å². The zero-order valence-corrected chi connectivity index (χ0v) is 12.4. The quantitative estimate of drug-likeness (QED) is 0.643. The van der Waals surface area contributed by atoms with Gasteiger partial charge in [-0.3, -0.25) is 0 Å². The monoisotopic (exact) mass is 294 g/mol. The Morgan fingerprint density at radius 1 is 1.29 bits per heavy atom. The van der Waals surface area contributed by atoms with Gasteiger partial charge in [-0.25, -0.2) is 9.59 Å². The lowest BCUT2D eigenvalue weighted by molar-refractivity contribution is 0.0696. The molecule has 6 nitrogen and oxygen atoms in total. The summed E-state index contributed by atoms with van der Waals surface area (Å²) >= 11 is 0. The normalized spacial score (nSPS) is 10.2. The Balaban J connectivity index is 2.38. The lowest BCUT2D eigenvalue weighted by atomic mass is 10.1. The highest BCUT2D eigenvalue weighted by molar-refractivity contribution is 5.94. The minimum Gasteiger partial charge on any atom is -0.478 e. The summed E-state index contributed by atoms with van der Waals surface area (Å²) in [6.45, 7) is 5.60. The van der Waals surface area contributed by atoms with Crippen LogP contribution in [0.25, 0.3) is 0 Å². The number of carbonyl (C=O) groups excluding carboxylic acids is 1. The van der Waals surface area contributed by atoms with Crippen LogP contribution in [0.5, 0.6) is 0 Å². The van der Waals surface area contributed by atoms with Crippen LogP contribution in [-0.4, -0.2) is 36.9 Å². The summed E-state index contributed by atoms with van der Waals surface area (Å²) in [6, 6.07) is 4.43. The van der Waals surface area contributed by atoms with E-state index in [1.807, 2.05) is 6.92 Å². The molecule has 0 atom stereocenters. The lowest BCUT2D eigenvalue weighted by Crippen LogP contribution is -2.30. The highest BCUT2D eigenvalue weighted by Crippen LogP contribution is 2.15. The number of amides is 2. The number of carboxylic acid groups (broad SMARTS) is 1. The van der Waals surface area contributed by atoms with Gasteiger partial charge >= 0.3 is 12.0 Å². The Bertz CT molecular complexity index is 489. The molecule has 0 unspecified atom stereocenters. The van der Waals surface area contributed by atoms with Gasteiger partial charge in [-0.15, -0.1) is 0 Å². The van der Waals surface area contributed by atoms with E-state index in [2.05, 4.69) is 10.6 Å². The van der Waals surface area contributed by atoms with Gasteiger partial charge in [-0.1, -0.05) is 13.0 Å². The third-order valence-electron chi connectivity index (χ3n) is 2.83. The van der Waals surface area contributed by atoms with Crippen molar-refractivity contribution >= 4 is 17.7 Å². The molecule has 1 aromatic carbocycles. The van der Waals surface area contributed by atoms with Crippen LogP contribution in [0.1, 0.15) is 35.7 Å². The fourth-order valence-electron chi connectivity index (χ4n) is 1.73. The molecule has 0 aliphatic rings. The van der Waals surface area contributed by atoms with Crippen LogP contribution in [0.3, 0.4) is 0 Å². The number of hydrogen-bond acceptors (Lipinski definition) is 3. The molecule has 6 heteroatoms. The SMILES string of the molecule is CCCOCCCNC(=O)Nc1ccc(C)c(C(=O)O)c1. The van der Waals surface area contributed by atoms with E-state index in [1.54, 1.807) is 19.1 Å². The Labute approximate surface area is 124 Å². The molecular weight excluding hydrogens is 272 g/mol. The average molecular weight is 294 g/mol. The summed E-state index contributed by atoms with van der Waals surface area (Å²) in [5.41, 5.74) is 1.29. The first-order valence-electron chi connectivity index (χ1n) is 7.01. The van der Waals surface area contributed by atoms with Crippen LogP contribution >= 0.6 is 0 Å². The Morgan fingerprint density at radius 2 is 2.05 bits per heavy atom. The summed E-state index contributed by atoms with van der Waals surface area (Å²) in [5.74, 6) is -1.01. The van der Waals surface area contributed by atoms with Crippen molar-refractivity contribution < 1.29 is 19.4 Å². The molecule has 2 amide bonds. The summed E-state index contributed by atoms with van der Waals surface area (Å²) in [7, 11) is 0. The van der Waals surface area contributed by atoms with Gasteiger partial charge in [0.15, 0.2) is 0 Å². The molecule has 1 aromatic rings. The number of carboxylic acids is 1. The first kappa shape index (κ1) is 17.0. The highest BCUT2D eigenvalue weighted by Gasteiger charge is 2.09. The van der Waals surface area contributed by atoms with Gasteiger partial charge in [0.1, 0.15) is 0 Å². The van der Waals surface area contributed by atoms with E-state index in [0.717, 1.165) is 19.4 Å². The van der Waals surface area contributed by atoms with E-state index < -0.39 is 5.97 Å². The fraction of sp³-hybridized carbons (Fsp3) is 0.467. The van der Waals surface area contributed by atoms with E-state index in [0.29, 0.717) is 24.4 Å². The van der Waals surface area contributed by atoms with Gasteiger partial charge in [0.2, 0.25) is 0 Å². The van der Waals surface area contributed by atoms with Crippen molar-refractivity contribution in [2.24, 2.45) is 0 Å².